The lowest BCUT2D eigenvalue weighted by atomic mass is 9.94. The molecule has 1 saturated carbocycles. The maximum Gasteiger partial charge on any atom is 0.223 e. The summed E-state index contributed by atoms with van der Waals surface area (Å²) in [7, 11) is 0. The van der Waals surface area contributed by atoms with Crippen molar-refractivity contribution in [1.82, 2.24) is 5.32 Å². The van der Waals surface area contributed by atoms with Gasteiger partial charge in [0.15, 0.2) is 0 Å². The number of carbonyl (C=O) groups is 1. The highest BCUT2D eigenvalue weighted by atomic mass is 16.1. The summed E-state index contributed by atoms with van der Waals surface area (Å²) in [4.78, 5) is 12.6. The summed E-state index contributed by atoms with van der Waals surface area (Å²) >= 11 is 0. The van der Waals surface area contributed by atoms with Crippen LogP contribution < -0.4 is 5.32 Å². The summed E-state index contributed by atoms with van der Waals surface area (Å²) < 4.78 is 0. The molecule has 0 spiro atoms. The summed E-state index contributed by atoms with van der Waals surface area (Å²) in [5.41, 5.74) is 3.53. The molecule has 22 heavy (non-hydrogen) atoms. The van der Waals surface area contributed by atoms with E-state index in [1.807, 2.05) is 30.3 Å². The van der Waals surface area contributed by atoms with Crippen molar-refractivity contribution < 1.29 is 4.79 Å². The Kier molecular flexibility index (Phi) is 4.57. The minimum absolute atomic E-state index is 0.0597. The number of benzene rings is 2. The van der Waals surface area contributed by atoms with E-state index in [2.05, 4.69) is 36.5 Å². The molecule has 1 aliphatic rings. The molecule has 114 valence electrons. The lowest BCUT2D eigenvalue weighted by molar-refractivity contribution is -0.125. The van der Waals surface area contributed by atoms with Crippen LogP contribution in [0.5, 0.6) is 0 Å². The van der Waals surface area contributed by atoms with Gasteiger partial charge in [0.2, 0.25) is 5.91 Å². The minimum Gasteiger partial charge on any atom is -0.345 e. The van der Waals surface area contributed by atoms with Gasteiger partial charge in [0.1, 0.15) is 0 Å². The van der Waals surface area contributed by atoms with E-state index in [0.717, 1.165) is 18.4 Å². The van der Waals surface area contributed by atoms with Crippen molar-refractivity contribution in [3.05, 3.63) is 71.3 Å². The second-order valence-electron chi connectivity index (χ2n) is 6.19. The monoisotopic (exact) mass is 293 g/mol. The van der Waals surface area contributed by atoms with Crippen molar-refractivity contribution >= 4 is 5.91 Å². The first-order chi connectivity index (χ1) is 10.8. The van der Waals surface area contributed by atoms with Crippen LogP contribution >= 0.6 is 0 Å². The van der Waals surface area contributed by atoms with Crippen LogP contribution in [0.15, 0.2) is 54.6 Å². The fraction of sp³-hybridized carbons (Fsp3) is 0.350. The molecule has 0 saturated heterocycles. The van der Waals surface area contributed by atoms with Crippen molar-refractivity contribution in [2.45, 2.75) is 38.6 Å². The SMILES string of the molecule is Cc1ccccc1[C@H](NC(=O)C1CCCC1)c1ccccc1. The summed E-state index contributed by atoms with van der Waals surface area (Å²) in [6.45, 7) is 2.10. The first kappa shape index (κ1) is 14.8. The van der Waals surface area contributed by atoms with Gasteiger partial charge in [-0.1, -0.05) is 67.4 Å². The van der Waals surface area contributed by atoms with Gasteiger partial charge >= 0.3 is 0 Å². The third-order valence-electron chi connectivity index (χ3n) is 4.64. The molecule has 0 unspecified atom stereocenters. The molecule has 1 amide bonds. The Balaban J connectivity index is 1.90. The van der Waals surface area contributed by atoms with E-state index in [4.69, 9.17) is 0 Å². The van der Waals surface area contributed by atoms with Gasteiger partial charge in [-0.2, -0.15) is 0 Å². The van der Waals surface area contributed by atoms with Crippen molar-refractivity contribution in [3.63, 3.8) is 0 Å². The summed E-state index contributed by atoms with van der Waals surface area (Å²) in [6, 6.07) is 18.5. The number of amides is 1. The van der Waals surface area contributed by atoms with E-state index >= 15 is 0 Å². The van der Waals surface area contributed by atoms with Crippen LogP contribution in [0.2, 0.25) is 0 Å². The Hall–Kier alpha value is -2.09. The fourth-order valence-corrected chi connectivity index (χ4v) is 3.34. The molecule has 3 rings (SSSR count). The van der Waals surface area contributed by atoms with Gasteiger partial charge in [-0.25, -0.2) is 0 Å². The molecule has 0 radical (unpaired) electrons. The van der Waals surface area contributed by atoms with Gasteiger partial charge in [0.05, 0.1) is 6.04 Å². The molecule has 2 heteroatoms. The maximum atomic E-state index is 12.6. The van der Waals surface area contributed by atoms with Crippen LogP contribution in [-0.4, -0.2) is 5.91 Å². The minimum atomic E-state index is -0.0597. The highest BCUT2D eigenvalue weighted by Gasteiger charge is 2.26. The molecule has 1 N–H and O–H groups in total. The molecular weight excluding hydrogens is 270 g/mol. The van der Waals surface area contributed by atoms with E-state index in [-0.39, 0.29) is 17.9 Å². The summed E-state index contributed by atoms with van der Waals surface area (Å²) in [5, 5.41) is 3.29. The normalized spacial score (nSPS) is 16.4. The topological polar surface area (TPSA) is 29.1 Å². The molecule has 2 aromatic rings. The molecule has 1 aliphatic carbocycles. The lowest BCUT2D eigenvalue weighted by Crippen LogP contribution is -2.34. The Bertz CT molecular complexity index is 629. The first-order valence-corrected chi connectivity index (χ1v) is 8.16. The number of aryl methyl sites for hydroxylation is 1. The highest BCUT2D eigenvalue weighted by molar-refractivity contribution is 5.80. The molecule has 1 atom stereocenters. The molecule has 0 heterocycles. The molecule has 2 nitrogen and oxygen atoms in total. The number of hydrogen-bond acceptors (Lipinski definition) is 1. The van der Waals surface area contributed by atoms with Crippen LogP contribution in [0.4, 0.5) is 0 Å². The third kappa shape index (κ3) is 3.22. The lowest BCUT2D eigenvalue weighted by Gasteiger charge is -2.23. The van der Waals surface area contributed by atoms with Gasteiger partial charge in [-0.05, 0) is 36.5 Å². The summed E-state index contributed by atoms with van der Waals surface area (Å²) in [5.74, 6) is 0.393. The van der Waals surface area contributed by atoms with Crippen LogP contribution in [0.3, 0.4) is 0 Å². The number of nitrogens with one attached hydrogen (secondary N) is 1. The van der Waals surface area contributed by atoms with E-state index < -0.39 is 0 Å². The zero-order valence-corrected chi connectivity index (χ0v) is 13.1. The van der Waals surface area contributed by atoms with Crippen LogP contribution in [0, 0.1) is 12.8 Å². The largest absolute Gasteiger partial charge is 0.345 e. The van der Waals surface area contributed by atoms with E-state index in [1.165, 1.54) is 24.0 Å². The molecule has 1 fully saturated rings. The second kappa shape index (κ2) is 6.78. The van der Waals surface area contributed by atoms with Gasteiger partial charge < -0.3 is 5.32 Å². The quantitative estimate of drug-likeness (QED) is 0.890. The highest BCUT2D eigenvalue weighted by Crippen LogP contribution is 2.29. The second-order valence-corrected chi connectivity index (χ2v) is 6.19. The number of rotatable bonds is 4. The zero-order chi connectivity index (χ0) is 15.4. The Morgan fingerprint density at radius 3 is 2.32 bits per heavy atom. The fourth-order valence-electron chi connectivity index (χ4n) is 3.34. The van der Waals surface area contributed by atoms with E-state index in [0.29, 0.717) is 0 Å². The Labute approximate surface area is 132 Å². The van der Waals surface area contributed by atoms with Crippen LogP contribution in [0.1, 0.15) is 48.4 Å². The zero-order valence-electron chi connectivity index (χ0n) is 13.1. The molecular formula is C20H23NO. The predicted octanol–water partition coefficient (Wildman–Crippen LogP) is 4.39. The third-order valence-corrected chi connectivity index (χ3v) is 4.64. The average molecular weight is 293 g/mol. The van der Waals surface area contributed by atoms with Crippen molar-refractivity contribution in [2.75, 3.05) is 0 Å². The maximum absolute atomic E-state index is 12.6. The van der Waals surface area contributed by atoms with Crippen LogP contribution in [0.25, 0.3) is 0 Å². The Morgan fingerprint density at radius 2 is 1.64 bits per heavy atom. The molecule has 0 bridgehead atoms. The average Bonchev–Trinajstić information content (AvgIpc) is 3.09. The Morgan fingerprint density at radius 1 is 1.00 bits per heavy atom. The predicted molar refractivity (Wildman–Crippen MR) is 89.6 cm³/mol. The summed E-state index contributed by atoms with van der Waals surface area (Å²) in [6.07, 6.45) is 4.42. The van der Waals surface area contributed by atoms with Crippen LogP contribution in [-0.2, 0) is 4.79 Å². The van der Waals surface area contributed by atoms with Gasteiger partial charge in [0.25, 0.3) is 0 Å². The van der Waals surface area contributed by atoms with Crippen molar-refractivity contribution in [2.24, 2.45) is 5.92 Å². The van der Waals surface area contributed by atoms with E-state index in [9.17, 15) is 4.79 Å². The van der Waals surface area contributed by atoms with Crippen molar-refractivity contribution in [3.8, 4) is 0 Å². The number of carbonyl (C=O) groups excluding carboxylic acids is 1. The first-order valence-electron chi connectivity index (χ1n) is 8.16. The number of hydrogen-bond donors (Lipinski definition) is 1. The van der Waals surface area contributed by atoms with Gasteiger partial charge in [0, 0.05) is 5.92 Å². The standard InChI is InChI=1S/C20H23NO/c1-15-9-5-8-14-18(15)19(16-10-3-2-4-11-16)21-20(22)17-12-6-7-13-17/h2-5,8-11,14,17,19H,6-7,12-13H2,1H3,(H,21,22)/t19-/m1/s1. The van der Waals surface area contributed by atoms with Gasteiger partial charge in [-0.15, -0.1) is 0 Å². The smallest absolute Gasteiger partial charge is 0.223 e. The molecule has 2 aromatic carbocycles. The van der Waals surface area contributed by atoms with Gasteiger partial charge in [-0.3, -0.25) is 4.79 Å². The van der Waals surface area contributed by atoms with Crippen molar-refractivity contribution in [1.29, 1.82) is 0 Å². The van der Waals surface area contributed by atoms with E-state index in [1.54, 1.807) is 0 Å². The molecule has 0 aliphatic heterocycles. The molecule has 0 aromatic heterocycles.